The fraction of sp³-hybridized carbons (Fsp3) is 0.385. The highest BCUT2D eigenvalue weighted by atomic mass is 32.2. The Morgan fingerprint density at radius 3 is 2.41 bits per heavy atom. The highest BCUT2D eigenvalue weighted by Crippen LogP contribution is 2.13. The first-order valence-electron chi connectivity index (χ1n) is 5.49. The molecule has 0 aliphatic heterocycles. The Kier molecular flexibility index (Phi) is 5.77. The zero-order valence-corrected chi connectivity index (χ0v) is 10.9. The summed E-state index contributed by atoms with van der Waals surface area (Å²) in [6, 6.07) is 9.69. The van der Waals surface area contributed by atoms with Crippen LogP contribution < -0.4 is 5.32 Å². The summed E-state index contributed by atoms with van der Waals surface area (Å²) in [7, 11) is 0. The summed E-state index contributed by atoms with van der Waals surface area (Å²) in [6.07, 6.45) is 0. The van der Waals surface area contributed by atoms with Crippen molar-refractivity contribution < 1.29 is 9.59 Å². The van der Waals surface area contributed by atoms with Crippen molar-refractivity contribution in [1.29, 1.82) is 0 Å². The normalized spacial score (nSPS) is 11.9. The van der Waals surface area contributed by atoms with Crippen LogP contribution in [-0.4, -0.2) is 23.5 Å². The predicted molar refractivity (Wildman–Crippen MR) is 70.9 cm³/mol. The quantitative estimate of drug-likeness (QED) is 0.841. The molecule has 0 heterocycles. The largest absolute Gasteiger partial charge is 0.346 e. The van der Waals surface area contributed by atoms with Crippen LogP contribution in [0.15, 0.2) is 30.3 Å². The molecule has 1 unspecified atom stereocenters. The van der Waals surface area contributed by atoms with Crippen molar-refractivity contribution in [3.63, 3.8) is 0 Å². The lowest BCUT2D eigenvalue weighted by atomic mass is 10.2. The molecule has 0 aromatic heterocycles. The van der Waals surface area contributed by atoms with Gasteiger partial charge in [-0.1, -0.05) is 30.3 Å². The van der Waals surface area contributed by atoms with Gasteiger partial charge in [0.25, 0.3) is 0 Å². The molecule has 0 aliphatic carbocycles. The topological polar surface area (TPSA) is 46.2 Å². The Morgan fingerprint density at radius 1 is 1.24 bits per heavy atom. The van der Waals surface area contributed by atoms with Gasteiger partial charge in [0, 0.05) is 18.4 Å². The maximum Gasteiger partial charge on any atom is 0.217 e. The molecular weight excluding hydrogens is 234 g/mol. The Labute approximate surface area is 106 Å². The monoisotopic (exact) mass is 251 g/mol. The van der Waals surface area contributed by atoms with Crippen LogP contribution in [0.3, 0.4) is 0 Å². The van der Waals surface area contributed by atoms with Gasteiger partial charge in [-0.15, -0.1) is 0 Å². The van der Waals surface area contributed by atoms with E-state index in [1.165, 1.54) is 19.4 Å². The minimum Gasteiger partial charge on any atom is -0.346 e. The van der Waals surface area contributed by atoms with E-state index in [0.717, 1.165) is 5.75 Å². The van der Waals surface area contributed by atoms with Gasteiger partial charge in [0.1, 0.15) is 0 Å². The SMILES string of the molecule is CC(=O)NC(CSCc1ccccc1)C(C)=O. The second kappa shape index (κ2) is 7.12. The van der Waals surface area contributed by atoms with Crippen LogP contribution in [0, 0.1) is 0 Å². The Hall–Kier alpha value is -1.29. The summed E-state index contributed by atoms with van der Waals surface area (Å²) in [5.74, 6) is 1.31. The van der Waals surface area contributed by atoms with Crippen LogP contribution in [0.4, 0.5) is 0 Å². The molecule has 3 nitrogen and oxygen atoms in total. The van der Waals surface area contributed by atoms with Crippen molar-refractivity contribution in [2.24, 2.45) is 0 Å². The molecule has 0 spiro atoms. The fourth-order valence-electron chi connectivity index (χ4n) is 1.37. The van der Waals surface area contributed by atoms with Crippen molar-refractivity contribution in [3.05, 3.63) is 35.9 Å². The van der Waals surface area contributed by atoms with Gasteiger partial charge in [-0.3, -0.25) is 9.59 Å². The fourth-order valence-corrected chi connectivity index (χ4v) is 2.47. The van der Waals surface area contributed by atoms with E-state index in [1.54, 1.807) is 11.8 Å². The maximum absolute atomic E-state index is 11.3. The van der Waals surface area contributed by atoms with E-state index in [2.05, 4.69) is 5.32 Å². The van der Waals surface area contributed by atoms with Crippen molar-refractivity contribution in [2.75, 3.05) is 5.75 Å². The molecule has 1 rings (SSSR count). The summed E-state index contributed by atoms with van der Waals surface area (Å²) in [5, 5.41) is 2.66. The van der Waals surface area contributed by atoms with Gasteiger partial charge in [0.2, 0.25) is 5.91 Å². The van der Waals surface area contributed by atoms with Gasteiger partial charge < -0.3 is 5.32 Å². The van der Waals surface area contributed by atoms with Crippen molar-refractivity contribution in [2.45, 2.75) is 25.6 Å². The molecule has 92 valence electrons. The van der Waals surface area contributed by atoms with E-state index in [-0.39, 0.29) is 17.7 Å². The van der Waals surface area contributed by atoms with Crippen LogP contribution >= 0.6 is 11.8 Å². The van der Waals surface area contributed by atoms with E-state index in [9.17, 15) is 9.59 Å². The first-order chi connectivity index (χ1) is 8.09. The number of rotatable bonds is 6. The molecule has 1 aromatic rings. The number of hydrogen-bond acceptors (Lipinski definition) is 3. The molecule has 0 aliphatic rings. The standard InChI is InChI=1S/C13H17NO2S/c1-10(15)13(14-11(2)16)9-17-8-12-6-4-3-5-7-12/h3-7,13H,8-9H2,1-2H3,(H,14,16). The highest BCUT2D eigenvalue weighted by molar-refractivity contribution is 7.98. The first kappa shape index (κ1) is 13.8. The lowest BCUT2D eigenvalue weighted by molar-refractivity contribution is -0.125. The van der Waals surface area contributed by atoms with E-state index >= 15 is 0 Å². The number of carbonyl (C=O) groups excluding carboxylic acids is 2. The molecule has 1 amide bonds. The third kappa shape index (κ3) is 5.54. The second-order valence-electron chi connectivity index (χ2n) is 3.86. The molecule has 0 fully saturated rings. The molecule has 0 saturated heterocycles. The first-order valence-corrected chi connectivity index (χ1v) is 6.64. The lowest BCUT2D eigenvalue weighted by Gasteiger charge is -2.14. The summed E-state index contributed by atoms with van der Waals surface area (Å²) in [4.78, 5) is 22.2. The minimum atomic E-state index is -0.374. The molecule has 17 heavy (non-hydrogen) atoms. The van der Waals surface area contributed by atoms with E-state index in [0.29, 0.717) is 5.75 Å². The minimum absolute atomic E-state index is 0.000705. The summed E-state index contributed by atoms with van der Waals surface area (Å²) in [6.45, 7) is 2.93. The zero-order chi connectivity index (χ0) is 12.7. The van der Waals surface area contributed by atoms with Gasteiger partial charge in [-0.05, 0) is 12.5 Å². The zero-order valence-electron chi connectivity index (χ0n) is 10.1. The number of ketones is 1. The molecule has 0 bridgehead atoms. The predicted octanol–water partition coefficient (Wildman–Crippen LogP) is 2.01. The number of amides is 1. The smallest absolute Gasteiger partial charge is 0.217 e. The summed E-state index contributed by atoms with van der Waals surface area (Å²) in [5.41, 5.74) is 1.22. The highest BCUT2D eigenvalue weighted by Gasteiger charge is 2.14. The Balaban J connectivity index is 2.37. The van der Waals surface area contributed by atoms with Crippen molar-refractivity contribution in [3.8, 4) is 0 Å². The maximum atomic E-state index is 11.3. The van der Waals surface area contributed by atoms with Crippen LogP contribution in [0.25, 0.3) is 0 Å². The molecule has 0 saturated carbocycles. The van der Waals surface area contributed by atoms with Gasteiger partial charge in [0.05, 0.1) is 6.04 Å². The summed E-state index contributed by atoms with van der Waals surface area (Å²) < 4.78 is 0. The van der Waals surface area contributed by atoms with Gasteiger partial charge in [-0.25, -0.2) is 0 Å². The number of benzene rings is 1. The second-order valence-corrected chi connectivity index (χ2v) is 4.89. The van der Waals surface area contributed by atoms with Gasteiger partial charge >= 0.3 is 0 Å². The molecule has 4 heteroatoms. The third-order valence-corrected chi connectivity index (χ3v) is 3.37. The molecule has 0 radical (unpaired) electrons. The molecule has 1 atom stereocenters. The van der Waals surface area contributed by atoms with Crippen LogP contribution in [0.5, 0.6) is 0 Å². The summed E-state index contributed by atoms with van der Waals surface area (Å²) >= 11 is 1.65. The number of hydrogen-bond donors (Lipinski definition) is 1. The van der Waals surface area contributed by atoms with Crippen LogP contribution in [0.2, 0.25) is 0 Å². The number of nitrogens with one attached hydrogen (secondary N) is 1. The lowest BCUT2D eigenvalue weighted by Crippen LogP contribution is -2.40. The van der Waals surface area contributed by atoms with E-state index in [4.69, 9.17) is 0 Å². The van der Waals surface area contributed by atoms with Crippen molar-refractivity contribution in [1.82, 2.24) is 5.32 Å². The number of thioether (sulfide) groups is 1. The average Bonchev–Trinajstić information content (AvgIpc) is 2.28. The Bertz CT molecular complexity index is 378. The number of Topliss-reactive ketones (excluding diaryl/α,β-unsaturated/α-hetero) is 1. The van der Waals surface area contributed by atoms with Crippen molar-refractivity contribution >= 4 is 23.5 Å². The van der Waals surface area contributed by atoms with Crippen LogP contribution in [-0.2, 0) is 15.3 Å². The van der Waals surface area contributed by atoms with Gasteiger partial charge in [0.15, 0.2) is 5.78 Å². The average molecular weight is 251 g/mol. The molecule has 1 N–H and O–H groups in total. The third-order valence-electron chi connectivity index (χ3n) is 2.26. The van der Waals surface area contributed by atoms with Crippen LogP contribution in [0.1, 0.15) is 19.4 Å². The Morgan fingerprint density at radius 2 is 1.88 bits per heavy atom. The number of carbonyl (C=O) groups is 2. The van der Waals surface area contributed by atoms with E-state index < -0.39 is 0 Å². The van der Waals surface area contributed by atoms with E-state index in [1.807, 2.05) is 30.3 Å². The van der Waals surface area contributed by atoms with Gasteiger partial charge in [-0.2, -0.15) is 11.8 Å². The molecular formula is C13H17NO2S. The molecule has 1 aromatic carbocycles.